The maximum Gasteiger partial charge on any atom is 0.227 e. The van der Waals surface area contributed by atoms with Gasteiger partial charge in [0, 0.05) is 18.5 Å². The molecule has 0 aromatic heterocycles. The fraction of sp³-hybridized carbons (Fsp3) is 0.360. The van der Waals surface area contributed by atoms with Gasteiger partial charge in [0.15, 0.2) is 0 Å². The Balaban J connectivity index is 1.92. The summed E-state index contributed by atoms with van der Waals surface area (Å²) in [5, 5.41) is 3.49. The van der Waals surface area contributed by atoms with Gasteiger partial charge in [0.2, 0.25) is 5.91 Å². The summed E-state index contributed by atoms with van der Waals surface area (Å²) in [5.74, 6) is -0.0996. The Morgan fingerprint density at radius 1 is 1.14 bits per heavy atom. The average Bonchev–Trinajstić information content (AvgIpc) is 2.87. The van der Waals surface area contributed by atoms with E-state index in [9.17, 15) is 9.59 Å². The number of para-hydroxylation sites is 2. The van der Waals surface area contributed by atoms with E-state index >= 15 is 0 Å². The van der Waals surface area contributed by atoms with Gasteiger partial charge in [-0.05, 0) is 37.5 Å². The topological polar surface area (TPSA) is 49.4 Å². The quantitative estimate of drug-likeness (QED) is 0.747. The number of rotatable bonds is 4. The van der Waals surface area contributed by atoms with Gasteiger partial charge in [-0.15, -0.1) is 0 Å². The van der Waals surface area contributed by atoms with Crippen molar-refractivity contribution < 1.29 is 9.59 Å². The molecule has 0 unspecified atom stereocenters. The van der Waals surface area contributed by atoms with Gasteiger partial charge in [-0.3, -0.25) is 9.59 Å². The lowest BCUT2D eigenvalue weighted by Gasteiger charge is -2.36. The smallest absolute Gasteiger partial charge is 0.227 e. The highest BCUT2D eigenvalue weighted by atomic mass is 16.2. The van der Waals surface area contributed by atoms with Crippen molar-refractivity contribution in [2.75, 3.05) is 10.2 Å². The number of benzene rings is 2. The number of carbonyl (C=O) groups excluding carboxylic acids is 2. The van der Waals surface area contributed by atoms with Gasteiger partial charge in [0.1, 0.15) is 5.78 Å². The molecule has 1 heterocycles. The van der Waals surface area contributed by atoms with Crippen molar-refractivity contribution in [1.29, 1.82) is 0 Å². The summed E-state index contributed by atoms with van der Waals surface area (Å²) in [5.41, 5.74) is 4.82. The molecule has 2 atom stereocenters. The van der Waals surface area contributed by atoms with Crippen LogP contribution >= 0.6 is 0 Å². The van der Waals surface area contributed by atoms with Crippen LogP contribution in [0.15, 0.2) is 60.3 Å². The highest BCUT2D eigenvalue weighted by Gasteiger charge is 2.43. The third kappa shape index (κ3) is 3.71. The number of aryl methyl sites for hydroxylation is 1. The van der Waals surface area contributed by atoms with E-state index in [1.165, 1.54) is 0 Å². The number of hydrogen-bond acceptors (Lipinski definition) is 3. The molecule has 0 saturated heterocycles. The molecule has 1 aliphatic heterocycles. The van der Waals surface area contributed by atoms with Crippen LogP contribution in [-0.2, 0) is 9.59 Å². The molecule has 4 nitrogen and oxygen atoms in total. The molecule has 0 fully saturated rings. The maximum absolute atomic E-state index is 13.5. The molecule has 0 bridgehead atoms. The number of carbonyl (C=O) groups is 2. The second kappa shape index (κ2) is 8.24. The zero-order valence-corrected chi connectivity index (χ0v) is 17.2. The first-order chi connectivity index (χ1) is 14.1. The summed E-state index contributed by atoms with van der Waals surface area (Å²) in [7, 11) is 0. The highest BCUT2D eigenvalue weighted by molar-refractivity contribution is 6.01. The summed E-state index contributed by atoms with van der Waals surface area (Å²) in [6, 6.07) is 15.8. The van der Waals surface area contributed by atoms with Gasteiger partial charge < -0.3 is 10.2 Å². The van der Waals surface area contributed by atoms with Crippen LogP contribution in [-0.4, -0.2) is 11.7 Å². The van der Waals surface area contributed by atoms with Crippen molar-refractivity contribution in [3.63, 3.8) is 0 Å². The third-order valence-electron chi connectivity index (χ3n) is 5.91. The number of nitrogens with one attached hydrogen (secondary N) is 1. The number of anilines is 2. The van der Waals surface area contributed by atoms with Crippen molar-refractivity contribution in [3.8, 4) is 0 Å². The standard InChI is InChI=1S/C25H28N2O2/c1-3-4-12-23(29)27-21-10-6-5-8-19(21)26-20-9-7-11-22(28)24(20)25(27)18-15-13-17(2)14-16-18/h5-6,8-10,13-16,24-26H,3-4,7,11-12H2,1-2H3/t24-,25+/m0/s1. The maximum atomic E-state index is 13.5. The molecule has 0 saturated carbocycles. The Labute approximate surface area is 172 Å². The molecule has 1 amide bonds. The number of hydrogen-bond donors (Lipinski definition) is 1. The minimum Gasteiger partial charge on any atom is -0.357 e. The van der Waals surface area contributed by atoms with Gasteiger partial charge >= 0.3 is 0 Å². The second-order valence-corrected chi connectivity index (χ2v) is 8.01. The Morgan fingerprint density at radius 3 is 2.66 bits per heavy atom. The van der Waals surface area contributed by atoms with E-state index in [-0.39, 0.29) is 23.7 Å². The zero-order valence-electron chi connectivity index (χ0n) is 17.2. The number of Topliss-reactive ketones (excluding diaryl/α,β-unsaturated/α-hetero) is 1. The van der Waals surface area contributed by atoms with E-state index in [0.29, 0.717) is 12.8 Å². The minimum atomic E-state index is -0.371. The summed E-state index contributed by atoms with van der Waals surface area (Å²) in [6.45, 7) is 4.14. The van der Waals surface area contributed by atoms with Crippen LogP contribution in [0.3, 0.4) is 0 Å². The van der Waals surface area contributed by atoms with Gasteiger partial charge in [-0.1, -0.05) is 61.4 Å². The predicted octanol–water partition coefficient (Wildman–Crippen LogP) is 5.55. The molecule has 0 radical (unpaired) electrons. The van der Waals surface area contributed by atoms with Crippen LogP contribution in [0.1, 0.15) is 56.2 Å². The van der Waals surface area contributed by atoms with E-state index in [1.807, 2.05) is 29.2 Å². The number of ketones is 1. The van der Waals surface area contributed by atoms with E-state index in [1.54, 1.807) is 0 Å². The second-order valence-electron chi connectivity index (χ2n) is 8.01. The zero-order chi connectivity index (χ0) is 20.4. The Kier molecular flexibility index (Phi) is 5.52. The summed E-state index contributed by atoms with van der Waals surface area (Å²) in [4.78, 5) is 28.5. The van der Waals surface area contributed by atoms with Crippen molar-refractivity contribution in [3.05, 3.63) is 71.4 Å². The van der Waals surface area contributed by atoms with Crippen LogP contribution in [0, 0.1) is 12.8 Å². The van der Waals surface area contributed by atoms with Crippen molar-refractivity contribution in [1.82, 2.24) is 0 Å². The fourth-order valence-electron chi connectivity index (χ4n) is 4.39. The van der Waals surface area contributed by atoms with E-state index in [2.05, 4.69) is 49.5 Å². The first-order valence-electron chi connectivity index (χ1n) is 10.6. The van der Waals surface area contributed by atoms with Crippen LogP contribution in [0.5, 0.6) is 0 Å². The largest absolute Gasteiger partial charge is 0.357 e. The summed E-state index contributed by atoms with van der Waals surface area (Å²) >= 11 is 0. The lowest BCUT2D eigenvalue weighted by Crippen LogP contribution is -2.41. The average molecular weight is 389 g/mol. The normalized spacial score (nSPS) is 20.8. The van der Waals surface area contributed by atoms with Crippen LogP contribution in [0.4, 0.5) is 11.4 Å². The monoisotopic (exact) mass is 388 g/mol. The molecule has 4 rings (SSSR count). The molecule has 1 N–H and O–H groups in total. The molecule has 29 heavy (non-hydrogen) atoms. The van der Waals surface area contributed by atoms with Crippen LogP contribution < -0.4 is 10.2 Å². The minimum absolute atomic E-state index is 0.0753. The Morgan fingerprint density at radius 2 is 1.90 bits per heavy atom. The van der Waals surface area contributed by atoms with E-state index in [0.717, 1.165) is 47.5 Å². The Bertz CT molecular complexity index is 946. The predicted molar refractivity (Wildman–Crippen MR) is 117 cm³/mol. The number of amides is 1. The molecule has 0 spiro atoms. The van der Waals surface area contributed by atoms with Crippen LogP contribution in [0.2, 0.25) is 0 Å². The lowest BCUT2D eigenvalue weighted by molar-refractivity contribution is -0.123. The van der Waals surface area contributed by atoms with Crippen molar-refractivity contribution in [2.45, 2.75) is 52.0 Å². The molecular formula is C25H28N2O2. The number of fused-ring (bicyclic) bond motifs is 2. The number of unbranched alkanes of at least 4 members (excludes halogenated alkanes) is 1. The highest BCUT2D eigenvalue weighted by Crippen LogP contribution is 2.46. The number of nitrogens with zero attached hydrogens (tertiary/aromatic N) is 1. The first kappa shape index (κ1) is 19.4. The van der Waals surface area contributed by atoms with E-state index in [4.69, 9.17) is 0 Å². The lowest BCUT2D eigenvalue weighted by atomic mass is 9.81. The molecule has 4 heteroatoms. The molecular weight excluding hydrogens is 360 g/mol. The molecule has 2 aliphatic rings. The molecule has 1 aliphatic carbocycles. The van der Waals surface area contributed by atoms with Crippen molar-refractivity contribution >= 4 is 23.1 Å². The Hall–Kier alpha value is -2.88. The number of allylic oxidation sites excluding steroid dienone is 1. The fourth-order valence-corrected chi connectivity index (χ4v) is 4.39. The molecule has 2 aromatic carbocycles. The van der Waals surface area contributed by atoms with Gasteiger partial charge in [0.25, 0.3) is 0 Å². The van der Waals surface area contributed by atoms with Gasteiger partial charge in [-0.2, -0.15) is 0 Å². The SMILES string of the molecule is CCCCC(=O)N1c2ccccc2NC2=CCCC(=O)[C@H]2[C@H]1c1ccc(C)cc1. The van der Waals surface area contributed by atoms with Crippen molar-refractivity contribution in [2.24, 2.45) is 5.92 Å². The molecule has 2 aromatic rings. The van der Waals surface area contributed by atoms with Gasteiger partial charge in [0.05, 0.1) is 23.3 Å². The summed E-state index contributed by atoms with van der Waals surface area (Å²) < 4.78 is 0. The van der Waals surface area contributed by atoms with Gasteiger partial charge in [-0.25, -0.2) is 0 Å². The third-order valence-corrected chi connectivity index (χ3v) is 5.91. The summed E-state index contributed by atoms with van der Waals surface area (Å²) in [6.07, 6.45) is 5.67. The first-order valence-corrected chi connectivity index (χ1v) is 10.6. The molecule has 150 valence electrons. The van der Waals surface area contributed by atoms with Crippen LogP contribution in [0.25, 0.3) is 0 Å². The van der Waals surface area contributed by atoms with E-state index < -0.39 is 0 Å².